The van der Waals surface area contributed by atoms with E-state index in [4.69, 9.17) is 5.26 Å². The van der Waals surface area contributed by atoms with Crippen molar-refractivity contribution in [1.29, 1.82) is 5.26 Å². The van der Waals surface area contributed by atoms with E-state index in [1.807, 2.05) is 6.92 Å². The van der Waals surface area contributed by atoms with Crippen molar-refractivity contribution < 1.29 is 0 Å². The highest BCUT2D eigenvalue weighted by molar-refractivity contribution is 4.79. The molecule has 76 valence electrons. The number of nitriles is 1. The summed E-state index contributed by atoms with van der Waals surface area (Å²) in [7, 11) is 0. The third-order valence-corrected chi connectivity index (χ3v) is 2.13. The molecule has 0 aliphatic rings. The van der Waals surface area contributed by atoms with E-state index in [2.05, 4.69) is 18.3 Å². The molecule has 0 aliphatic carbocycles. The van der Waals surface area contributed by atoms with Gasteiger partial charge in [-0.25, -0.2) is 0 Å². The Morgan fingerprint density at radius 2 is 1.92 bits per heavy atom. The van der Waals surface area contributed by atoms with E-state index >= 15 is 0 Å². The van der Waals surface area contributed by atoms with Gasteiger partial charge in [0.05, 0.1) is 12.0 Å². The second-order valence-corrected chi connectivity index (χ2v) is 3.65. The molecule has 1 atom stereocenters. The molecule has 0 radical (unpaired) electrons. The van der Waals surface area contributed by atoms with Gasteiger partial charge in [-0.1, -0.05) is 32.6 Å². The summed E-state index contributed by atoms with van der Waals surface area (Å²) in [5, 5.41) is 11.8. The molecular weight excluding hydrogens is 160 g/mol. The Balaban J connectivity index is 2.96. The summed E-state index contributed by atoms with van der Waals surface area (Å²) >= 11 is 0. The lowest BCUT2D eigenvalue weighted by atomic mass is 10.1. The Morgan fingerprint density at radius 3 is 2.54 bits per heavy atom. The summed E-state index contributed by atoms with van der Waals surface area (Å²) in [6, 6.07) is 2.21. The first kappa shape index (κ1) is 12.4. The minimum Gasteiger partial charge on any atom is -0.315 e. The summed E-state index contributed by atoms with van der Waals surface area (Å²) in [6.45, 7) is 6.08. The van der Waals surface area contributed by atoms with Crippen LogP contribution in [0.5, 0.6) is 0 Å². The zero-order valence-corrected chi connectivity index (χ0v) is 8.97. The predicted octanol–water partition coefficient (Wildman–Crippen LogP) is 2.71. The lowest BCUT2D eigenvalue weighted by molar-refractivity contribution is 0.553. The molecule has 0 amide bonds. The number of nitrogens with one attached hydrogen (secondary N) is 1. The van der Waals surface area contributed by atoms with Crippen LogP contribution in [0.3, 0.4) is 0 Å². The van der Waals surface area contributed by atoms with E-state index in [-0.39, 0.29) is 5.92 Å². The summed E-state index contributed by atoms with van der Waals surface area (Å²) < 4.78 is 0. The number of hydrogen-bond donors (Lipinski definition) is 1. The van der Waals surface area contributed by atoms with Gasteiger partial charge >= 0.3 is 0 Å². The van der Waals surface area contributed by atoms with Gasteiger partial charge in [0, 0.05) is 6.54 Å². The third-order valence-electron chi connectivity index (χ3n) is 2.13. The van der Waals surface area contributed by atoms with Crippen molar-refractivity contribution in [2.45, 2.75) is 46.0 Å². The van der Waals surface area contributed by atoms with Crippen LogP contribution in [-0.2, 0) is 0 Å². The van der Waals surface area contributed by atoms with Crippen molar-refractivity contribution in [3.8, 4) is 6.07 Å². The van der Waals surface area contributed by atoms with Gasteiger partial charge < -0.3 is 5.32 Å². The number of nitrogens with zero attached hydrogens (tertiary/aromatic N) is 1. The number of hydrogen-bond acceptors (Lipinski definition) is 2. The van der Waals surface area contributed by atoms with Gasteiger partial charge in [0.25, 0.3) is 0 Å². The van der Waals surface area contributed by atoms with Gasteiger partial charge in [0.1, 0.15) is 0 Å². The van der Waals surface area contributed by atoms with Crippen LogP contribution in [0.15, 0.2) is 0 Å². The standard InChI is InChI=1S/C11H22N2/c1-3-4-5-6-7-8-13-10-11(2)9-12/h11,13H,3-8,10H2,1-2H3. The molecule has 2 nitrogen and oxygen atoms in total. The fourth-order valence-electron chi connectivity index (χ4n) is 1.22. The highest BCUT2D eigenvalue weighted by Gasteiger charge is 1.96. The van der Waals surface area contributed by atoms with Crippen LogP contribution in [0.25, 0.3) is 0 Å². The molecule has 0 aromatic heterocycles. The molecule has 0 rings (SSSR count). The van der Waals surface area contributed by atoms with E-state index in [0.717, 1.165) is 13.1 Å². The molecule has 0 fully saturated rings. The lowest BCUT2D eigenvalue weighted by Crippen LogP contribution is -2.21. The van der Waals surface area contributed by atoms with Crippen LogP contribution in [0.1, 0.15) is 46.0 Å². The number of unbranched alkanes of at least 4 members (excludes halogenated alkanes) is 4. The summed E-state index contributed by atoms with van der Waals surface area (Å²) in [5.74, 6) is 0.149. The fourth-order valence-corrected chi connectivity index (χ4v) is 1.22. The molecule has 0 bridgehead atoms. The first-order valence-corrected chi connectivity index (χ1v) is 5.41. The zero-order chi connectivity index (χ0) is 9.94. The summed E-state index contributed by atoms with van der Waals surface area (Å²) in [5.41, 5.74) is 0. The third kappa shape index (κ3) is 9.36. The molecule has 0 aliphatic heterocycles. The van der Waals surface area contributed by atoms with E-state index < -0.39 is 0 Å². The van der Waals surface area contributed by atoms with E-state index in [1.165, 1.54) is 32.1 Å². The second kappa shape index (κ2) is 9.54. The Labute approximate surface area is 82.3 Å². The van der Waals surface area contributed by atoms with E-state index in [1.54, 1.807) is 0 Å². The van der Waals surface area contributed by atoms with E-state index in [9.17, 15) is 0 Å². The Bertz CT molecular complexity index is 138. The largest absolute Gasteiger partial charge is 0.315 e. The minimum absolute atomic E-state index is 0.149. The molecule has 0 aromatic rings. The van der Waals surface area contributed by atoms with Crippen LogP contribution in [0.2, 0.25) is 0 Å². The van der Waals surface area contributed by atoms with Crippen molar-refractivity contribution >= 4 is 0 Å². The van der Waals surface area contributed by atoms with Gasteiger partial charge in [0.2, 0.25) is 0 Å². The average molecular weight is 182 g/mol. The van der Waals surface area contributed by atoms with Gasteiger partial charge in [-0.2, -0.15) is 5.26 Å². The lowest BCUT2D eigenvalue weighted by Gasteiger charge is -2.04. The number of rotatable bonds is 8. The maximum atomic E-state index is 8.52. The van der Waals surface area contributed by atoms with Crippen LogP contribution < -0.4 is 5.32 Å². The molecule has 0 saturated carbocycles. The van der Waals surface area contributed by atoms with E-state index in [0.29, 0.717) is 0 Å². The Hall–Kier alpha value is -0.550. The maximum Gasteiger partial charge on any atom is 0.0666 e. The van der Waals surface area contributed by atoms with Crippen LogP contribution in [0, 0.1) is 17.2 Å². The van der Waals surface area contributed by atoms with Crippen molar-refractivity contribution in [3.63, 3.8) is 0 Å². The van der Waals surface area contributed by atoms with Crippen LogP contribution in [0.4, 0.5) is 0 Å². The highest BCUT2D eigenvalue weighted by Crippen LogP contribution is 2.01. The van der Waals surface area contributed by atoms with Gasteiger partial charge in [-0.05, 0) is 19.9 Å². The highest BCUT2D eigenvalue weighted by atomic mass is 14.8. The SMILES string of the molecule is CCCCCCCNCC(C)C#N. The molecule has 1 N–H and O–H groups in total. The Kier molecular flexibility index (Phi) is 9.13. The molecular formula is C11H22N2. The summed E-state index contributed by atoms with van der Waals surface area (Å²) in [6.07, 6.45) is 6.58. The topological polar surface area (TPSA) is 35.8 Å². The molecule has 0 saturated heterocycles. The molecule has 0 aromatic carbocycles. The molecule has 13 heavy (non-hydrogen) atoms. The second-order valence-electron chi connectivity index (χ2n) is 3.65. The van der Waals surface area contributed by atoms with Crippen molar-refractivity contribution in [3.05, 3.63) is 0 Å². The van der Waals surface area contributed by atoms with Gasteiger partial charge in [-0.3, -0.25) is 0 Å². The van der Waals surface area contributed by atoms with Crippen molar-refractivity contribution in [2.75, 3.05) is 13.1 Å². The Morgan fingerprint density at radius 1 is 1.23 bits per heavy atom. The molecule has 1 unspecified atom stereocenters. The van der Waals surface area contributed by atoms with Crippen molar-refractivity contribution in [1.82, 2.24) is 5.32 Å². The van der Waals surface area contributed by atoms with Crippen LogP contribution >= 0.6 is 0 Å². The molecule has 0 spiro atoms. The first-order valence-electron chi connectivity index (χ1n) is 5.41. The van der Waals surface area contributed by atoms with Crippen molar-refractivity contribution in [2.24, 2.45) is 5.92 Å². The maximum absolute atomic E-state index is 8.52. The summed E-state index contributed by atoms with van der Waals surface area (Å²) in [4.78, 5) is 0. The first-order chi connectivity index (χ1) is 6.31. The normalized spacial score (nSPS) is 12.4. The predicted molar refractivity (Wildman–Crippen MR) is 56.4 cm³/mol. The smallest absolute Gasteiger partial charge is 0.0666 e. The van der Waals surface area contributed by atoms with Gasteiger partial charge in [0.15, 0.2) is 0 Å². The average Bonchev–Trinajstić information content (AvgIpc) is 2.16. The fraction of sp³-hybridized carbons (Fsp3) is 0.909. The molecule has 2 heteroatoms. The molecule has 0 heterocycles. The quantitative estimate of drug-likeness (QED) is 0.586. The van der Waals surface area contributed by atoms with Crippen LogP contribution in [-0.4, -0.2) is 13.1 Å². The monoisotopic (exact) mass is 182 g/mol. The van der Waals surface area contributed by atoms with Gasteiger partial charge in [-0.15, -0.1) is 0 Å². The minimum atomic E-state index is 0.149. The zero-order valence-electron chi connectivity index (χ0n) is 8.97.